The largest absolute Gasteiger partial charge is 0.497 e. The number of aromatic nitrogens is 3. The first-order chi connectivity index (χ1) is 17.4. The fraction of sp³-hybridized carbons (Fsp3) is 0.296. The highest BCUT2D eigenvalue weighted by atomic mass is 19.1. The average molecular weight is 489 g/mol. The molecule has 0 radical (unpaired) electrons. The number of anilines is 1. The van der Waals surface area contributed by atoms with E-state index in [9.17, 15) is 9.18 Å². The van der Waals surface area contributed by atoms with Gasteiger partial charge in [-0.2, -0.15) is 0 Å². The number of halogens is 1. The van der Waals surface area contributed by atoms with E-state index in [0.717, 1.165) is 39.4 Å². The maximum atomic E-state index is 13.3. The lowest BCUT2D eigenvalue weighted by Gasteiger charge is -2.40. The predicted octanol–water partition coefficient (Wildman–Crippen LogP) is 4.75. The Balaban J connectivity index is 1.28. The number of carbonyl (C=O) groups is 1. The molecular weight excluding hydrogens is 459 g/mol. The van der Waals surface area contributed by atoms with E-state index in [-0.39, 0.29) is 23.9 Å². The van der Waals surface area contributed by atoms with Crippen molar-refractivity contribution >= 4 is 22.9 Å². The number of urea groups is 1. The molecule has 2 atom stereocenters. The van der Waals surface area contributed by atoms with Crippen molar-refractivity contribution in [1.29, 1.82) is 0 Å². The Kier molecular flexibility index (Phi) is 6.45. The number of methoxy groups -OCH3 is 1. The Morgan fingerprint density at radius 2 is 1.89 bits per heavy atom. The number of hydrogen-bond acceptors (Lipinski definition) is 5. The van der Waals surface area contributed by atoms with E-state index in [1.807, 2.05) is 49.1 Å². The number of fused-ring (bicyclic) bond motifs is 1. The fourth-order valence-corrected chi connectivity index (χ4v) is 4.66. The van der Waals surface area contributed by atoms with E-state index in [1.54, 1.807) is 25.6 Å². The predicted molar refractivity (Wildman–Crippen MR) is 138 cm³/mol. The molecule has 1 aliphatic rings. The second kappa shape index (κ2) is 9.85. The van der Waals surface area contributed by atoms with Crippen molar-refractivity contribution in [2.75, 3.05) is 31.6 Å². The van der Waals surface area contributed by atoms with E-state index < -0.39 is 0 Å². The molecule has 2 N–H and O–H groups in total. The van der Waals surface area contributed by atoms with Gasteiger partial charge in [-0.25, -0.2) is 19.2 Å². The smallest absolute Gasteiger partial charge is 0.318 e. The minimum absolute atomic E-state index is 0.0117. The number of H-pyrrole nitrogens is 1. The standard InChI is InChI=1S/C27H29FN6O2/c1-17-15-33(12-13-34(17)27(35)31-18(2)19-6-10-22(36-3)11-7-19)26-23-14-24(32-25(23)29-16-30-26)20-4-8-21(28)9-5-20/h4-11,14,16-18H,12-13,15H2,1-3H3,(H,31,35)(H,29,30,32)/t17-,18-/m1/s1. The third-order valence-electron chi connectivity index (χ3n) is 6.70. The zero-order valence-corrected chi connectivity index (χ0v) is 20.5. The summed E-state index contributed by atoms with van der Waals surface area (Å²) in [5.74, 6) is 1.33. The van der Waals surface area contributed by atoms with Gasteiger partial charge in [0.2, 0.25) is 0 Å². The van der Waals surface area contributed by atoms with Crippen LogP contribution in [0.25, 0.3) is 22.3 Å². The third-order valence-corrected chi connectivity index (χ3v) is 6.70. The fourth-order valence-electron chi connectivity index (χ4n) is 4.66. The summed E-state index contributed by atoms with van der Waals surface area (Å²) in [6.45, 7) is 5.89. The number of nitrogens with zero attached hydrogens (tertiary/aromatic N) is 4. The van der Waals surface area contributed by atoms with Crippen molar-refractivity contribution in [2.24, 2.45) is 0 Å². The van der Waals surface area contributed by atoms with Gasteiger partial charge in [0.05, 0.1) is 18.5 Å². The van der Waals surface area contributed by atoms with Crippen LogP contribution >= 0.6 is 0 Å². The molecule has 2 amide bonds. The first-order valence-electron chi connectivity index (χ1n) is 12.0. The molecule has 186 valence electrons. The highest BCUT2D eigenvalue weighted by Crippen LogP contribution is 2.30. The lowest BCUT2D eigenvalue weighted by Crippen LogP contribution is -2.57. The highest BCUT2D eigenvalue weighted by Gasteiger charge is 2.30. The summed E-state index contributed by atoms with van der Waals surface area (Å²) in [7, 11) is 1.63. The number of hydrogen-bond donors (Lipinski definition) is 2. The van der Waals surface area contributed by atoms with E-state index in [2.05, 4.69) is 25.2 Å². The molecule has 5 rings (SSSR count). The van der Waals surface area contributed by atoms with Crippen molar-refractivity contribution in [3.05, 3.63) is 72.3 Å². The molecule has 8 nitrogen and oxygen atoms in total. The van der Waals surface area contributed by atoms with Crippen molar-refractivity contribution in [3.63, 3.8) is 0 Å². The van der Waals surface area contributed by atoms with E-state index in [1.165, 1.54) is 12.1 Å². The quantitative estimate of drug-likeness (QED) is 0.423. The van der Waals surface area contributed by atoms with E-state index in [4.69, 9.17) is 4.74 Å². The van der Waals surface area contributed by atoms with Crippen molar-refractivity contribution in [1.82, 2.24) is 25.2 Å². The van der Waals surface area contributed by atoms with Crippen LogP contribution in [0.15, 0.2) is 60.9 Å². The first-order valence-corrected chi connectivity index (χ1v) is 12.0. The molecule has 3 heterocycles. The van der Waals surface area contributed by atoms with E-state index in [0.29, 0.717) is 19.6 Å². The maximum absolute atomic E-state index is 13.3. The van der Waals surface area contributed by atoms with Gasteiger partial charge in [-0.05, 0) is 67.4 Å². The van der Waals surface area contributed by atoms with E-state index >= 15 is 0 Å². The van der Waals surface area contributed by atoms with Gasteiger partial charge in [-0.3, -0.25) is 0 Å². The van der Waals surface area contributed by atoms with Gasteiger partial charge in [0.15, 0.2) is 0 Å². The molecule has 9 heteroatoms. The number of benzene rings is 2. The topological polar surface area (TPSA) is 86.4 Å². The highest BCUT2D eigenvalue weighted by molar-refractivity contribution is 5.92. The number of nitrogens with one attached hydrogen (secondary N) is 2. The van der Waals surface area contributed by atoms with Gasteiger partial charge in [0.25, 0.3) is 0 Å². The SMILES string of the molecule is COc1ccc([C@@H](C)NC(=O)N2CCN(c3ncnc4[nH]c(-c5ccc(F)cc5)cc34)C[C@H]2C)cc1. The third kappa shape index (κ3) is 4.68. The molecule has 2 aromatic carbocycles. The summed E-state index contributed by atoms with van der Waals surface area (Å²) in [4.78, 5) is 29.4. The summed E-state index contributed by atoms with van der Waals surface area (Å²) >= 11 is 0. The normalized spacial score (nSPS) is 16.7. The molecule has 2 aromatic heterocycles. The van der Waals surface area contributed by atoms with Crippen LogP contribution in [0.2, 0.25) is 0 Å². The van der Waals surface area contributed by atoms with Crippen LogP contribution < -0.4 is 15.0 Å². The minimum atomic E-state index is -0.273. The number of rotatable bonds is 5. The molecule has 1 aliphatic heterocycles. The Morgan fingerprint density at radius 3 is 2.58 bits per heavy atom. The Morgan fingerprint density at radius 1 is 1.14 bits per heavy atom. The summed E-state index contributed by atoms with van der Waals surface area (Å²) in [6.07, 6.45) is 1.54. The van der Waals surface area contributed by atoms with Gasteiger partial charge in [0.1, 0.15) is 29.4 Å². The first kappa shape index (κ1) is 23.6. The van der Waals surface area contributed by atoms with Gasteiger partial charge >= 0.3 is 6.03 Å². The van der Waals surface area contributed by atoms with Gasteiger partial charge in [0, 0.05) is 31.4 Å². The molecule has 0 aliphatic carbocycles. The van der Waals surface area contributed by atoms with Crippen molar-refractivity contribution in [2.45, 2.75) is 25.9 Å². The lowest BCUT2D eigenvalue weighted by molar-refractivity contribution is 0.168. The van der Waals surface area contributed by atoms with Crippen LogP contribution in [-0.2, 0) is 0 Å². The number of amides is 2. The van der Waals surface area contributed by atoms with Crippen LogP contribution in [0.5, 0.6) is 5.75 Å². The van der Waals surface area contributed by atoms with Crippen LogP contribution in [-0.4, -0.2) is 58.7 Å². The Bertz CT molecular complexity index is 1360. The van der Waals surface area contributed by atoms with Crippen molar-refractivity contribution in [3.8, 4) is 17.0 Å². The zero-order valence-electron chi connectivity index (χ0n) is 20.5. The van der Waals surface area contributed by atoms with Crippen molar-refractivity contribution < 1.29 is 13.9 Å². The van der Waals surface area contributed by atoms with Crippen LogP contribution in [0.3, 0.4) is 0 Å². The molecular formula is C27H29FN6O2. The molecule has 36 heavy (non-hydrogen) atoms. The average Bonchev–Trinajstić information content (AvgIpc) is 3.33. The molecule has 1 fully saturated rings. The molecule has 0 unspecified atom stereocenters. The number of piperazine rings is 1. The molecule has 4 aromatic rings. The second-order valence-electron chi connectivity index (χ2n) is 9.08. The van der Waals surface area contributed by atoms with Gasteiger partial charge in [-0.1, -0.05) is 12.1 Å². The molecule has 1 saturated heterocycles. The minimum Gasteiger partial charge on any atom is -0.497 e. The molecule has 0 spiro atoms. The summed E-state index contributed by atoms with van der Waals surface area (Å²) in [6, 6.07) is 15.8. The number of carbonyl (C=O) groups excluding carboxylic acids is 1. The van der Waals surface area contributed by atoms with Gasteiger partial charge in [-0.15, -0.1) is 0 Å². The zero-order chi connectivity index (χ0) is 25.2. The number of ether oxygens (including phenoxy) is 1. The summed E-state index contributed by atoms with van der Waals surface area (Å²) in [5, 5.41) is 4.01. The van der Waals surface area contributed by atoms with Gasteiger partial charge < -0.3 is 24.8 Å². The van der Waals surface area contributed by atoms with Crippen LogP contribution in [0, 0.1) is 5.82 Å². The lowest BCUT2D eigenvalue weighted by atomic mass is 10.1. The summed E-state index contributed by atoms with van der Waals surface area (Å²) in [5.41, 5.74) is 3.47. The number of aromatic amines is 1. The monoisotopic (exact) mass is 488 g/mol. The van der Waals surface area contributed by atoms with Crippen LogP contribution in [0.1, 0.15) is 25.5 Å². The second-order valence-corrected chi connectivity index (χ2v) is 9.08. The summed E-state index contributed by atoms with van der Waals surface area (Å²) < 4.78 is 18.6. The van der Waals surface area contributed by atoms with Crippen LogP contribution in [0.4, 0.5) is 15.0 Å². The molecule has 0 bridgehead atoms. The Labute approximate surface area is 209 Å². The Hall–Kier alpha value is -4.14. The molecule has 0 saturated carbocycles. The maximum Gasteiger partial charge on any atom is 0.318 e.